The van der Waals surface area contributed by atoms with Crippen LogP contribution in [-0.2, 0) is 9.59 Å². The molecular formula is C29H33Cl2NO2. The topological polar surface area (TPSA) is 37.4 Å². The van der Waals surface area contributed by atoms with Crippen molar-refractivity contribution in [3.63, 3.8) is 0 Å². The van der Waals surface area contributed by atoms with E-state index >= 15 is 0 Å². The number of halogens is 2. The molecule has 0 N–H and O–H groups in total. The van der Waals surface area contributed by atoms with Crippen LogP contribution in [0.3, 0.4) is 0 Å². The van der Waals surface area contributed by atoms with Crippen molar-refractivity contribution in [1.82, 2.24) is 4.90 Å². The van der Waals surface area contributed by atoms with Crippen LogP contribution in [0.2, 0.25) is 10.0 Å². The second kappa shape index (κ2) is 10.3. The Morgan fingerprint density at radius 1 is 1.15 bits per heavy atom. The molecule has 1 saturated heterocycles. The Morgan fingerprint density at radius 2 is 1.85 bits per heavy atom. The summed E-state index contributed by atoms with van der Waals surface area (Å²) >= 11 is 12.6. The van der Waals surface area contributed by atoms with Gasteiger partial charge in [0, 0.05) is 34.3 Å². The number of ketones is 1. The van der Waals surface area contributed by atoms with E-state index in [1.54, 1.807) is 0 Å². The first kappa shape index (κ1) is 25.0. The standard InChI is InChI=1S/C29H33Cl2NO2/c1-4-15-29(3)18-25(21-7-6-8-23(31)16-21)27(20-11-13-22(30)14-12-20)32(28(29)34)24(5-2)17-26(33)19-9-10-19/h4,6-8,11-14,16,19,24-25,27H,1,5,9-10,15,17-18H2,2-3H3/t24?,25?,27?,29-/m0/s1. The van der Waals surface area contributed by atoms with Gasteiger partial charge in [0.2, 0.25) is 5.91 Å². The van der Waals surface area contributed by atoms with Crippen molar-refractivity contribution in [3.8, 4) is 0 Å². The van der Waals surface area contributed by atoms with E-state index in [2.05, 4.69) is 19.6 Å². The molecule has 4 atom stereocenters. The van der Waals surface area contributed by atoms with Gasteiger partial charge in [-0.15, -0.1) is 6.58 Å². The monoisotopic (exact) mass is 497 g/mol. The highest BCUT2D eigenvalue weighted by Gasteiger charge is 2.51. The number of amides is 1. The quantitative estimate of drug-likeness (QED) is 0.331. The van der Waals surface area contributed by atoms with Crippen molar-refractivity contribution in [2.75, 3.05) is 0 Å². The number of carbonyl (C=O) groups is 2. The maximum atomic E-state index is 14.2. The molecule has 1 aliphatic heterocycles. The number of rotatable bonds is 9. The van der Waals surface area contributed by atoms with Crippen molar-refractivity contribution >= 4 is 34.9 Å². The summed E-state index contributed by atoms with van der Waals surface area (Å²) in [5.74, 6) is 0.574. The first-order valence-corrected chi connectivity index (χ1v) is 13.0. The lowest BCUT2D eigenvalue weighted by molar-refractivity contribution is -0.155. The molecule has 2 aliphatic rings. The number of allylic oxidation sites excluding steroid dienone is 1. The summed E-state index contributed by atoms with van der Waals surface area (Å²) in [4.78, 5) is 29.1. The smallest absolute Gasteiger partial charge is 0.229 e. The van der Waals surface area contributed by atoms with Gasteiger partial charge in [-0.1, -0.05) is 67.4 Å². The highest BCUT2D eigenvalue weighted by atomic mass is 35.5. The van der Waals surface area contributed by atoms with E-state index in [1.165, 1.54) is 0 Å². The Hall–Kier alpha value is -2.10. The number of likely N-dealkylation sites (tertiary alicyclic amines) is 1. The average Bonchev–Trinajstić information content (AvgIpc) is 3.66. The van der Waals surface area contributed by atoms with Gasteiger partial charge in [-0.25, -0.2) is 0 Å². The summed E-state index contributed by atoms with van der Waals surface area (Å²) in [6.45, 7) is 8.05. The molecule has 1 saturated carbocycles. The first-order valence-electron chi connectivity index (χ1n) is 12.2. The first-order chi connectivity index (χ1) is 16.3. The summed E-state index contributed by atoms with van der Waals surface area (Å²) in [5, 5.41) is 1.33. The highest BCUT2D eigenvalue weighted by Crippen LogP contribution is 2.52. The van der Waals surface area contributed by atoms with Gasteiger partial charge in [0.25, 0.3) is 0 Å². The van der Waals surface area contributed by atoms with E-state index in [1.807, 2.05) is 60.4 Å². The molecule has 3 unspecified atom stereocenters. The zero-order chi connectivity index (χ0) is 24.5. The molecule has 2 fully saturated rings. The van der Waals surface area contributed by atoms with Crippen LogP contribution in [0.25, 0.3) is 0 Å². The molecule has 0 spiro atoms. The summed E-state index contributed by atoms with van der Waals surface area (Å²) < 4.78 is 0. The third-order valence-electron chi connectivity index (χ3n) is 7.52. The average molecular weight is 498 g/mol. The van der Waals surface area contributed by atoms with Crippen LogP contribution in [0.1, 0.15) is 75.5 Å². The number of hydrogen-bond acceptors (Lipinski definition) is 2. The van der Waals surface area contributed by atoms with E-state index in [0.29, 0.717) is 29.3 Å². The third-order valence-corrected chi connectivity index (χ3v) is 8.01. The minimum absolute atomic E-state index is 0.0209. The summed E-state index contributed by atoms with van der Waals surface area (Å²) in [6, 6.07) is 15.4. The lowest BCUT2D eigenvalue weighted by Gasteiger charge is -2.52. The molecule has 34 heavy (non-hydrogen) atoms. The molecule has 1 amide bonds. The summed E-state index contributed by atoms with van der Waals surface area (Å²) in [5.41, 5.74) is 1.53. The molecule has 5 heteroatoms. The van der Waals surface area contributed by atoms with Crippen LogP contribution < -0.4 is 0 Å². The number of Topliss-reactive ketones (excluding diaryl/α,β-unsaturated/α-hetero) is 1. The molecule has 0 aromatic heterocycles. The number of nitrogens with zero attached hydrogens (tertiary/aromatic N) is 1. The van der Waals surface area contributed by atoms with Crippen LogP contribution in [0.4, 0.5) is 0 Å². The second-order valence-corrected chi connectivity index (χ2v) is 11.0. The van der Waals surface area contributed by atoms with Gasteiger partial charge >= 0.3 is 0 Å². The van der Waals surface area contributed by atoms with Crippen molar-refractivity contribution in [2.45, 2.75) is 70.4 Å². The van der Waals surface area contributed by atoms with Crippen LogP contribution in [0, 0.1) is 11.3 Å². The van der Waals surface area contributed by atoms with Crippen LogP contribution in [0.5, 0.6) is 0 Å². The lowest BCUT2D eigenvalue weighted by Crippen LogP contribution is -2.55. The van der Waals surface area contributed by atoms with Gasteiger partial charge in [0.05, 0.1) is 11.5 Å². The van der Waals surface area contributed by atoms with Gasteiger partial charge in [-0.3, -0.25) is 9.59 Å². The SMILES string of the molecule is C=CC[C@@]1(C)CC(c2cccc(Cl)c2)C(c2ccc(Cl)cc2)N(C(CC)CC(=O)C2CC2)C1=O. The summed E-state index contributed by atoms with van der Waals surface area (Å²) in [6.07, 6.45) is 6.18. The predicted molar refractivity (Wildman–Crippen MR) is 139 cm³/mol. The van der Waals surface area contributed by atoms with Gasteiger partial charge in [-0.2, -0.15) is 0 Å². The number of hydrogen-bond donors (Lipinski definition) is 0. The molecule has 0 radical (unpaired) electrons. The summed E-state index contributed by atoms with van der Waals surface area (Å²) in [7, 11) is 0. The van der Waals surface area contributed by atoms with Crippen molar-refractivity contribution in [3.05, 3.63) is 82.4 Å². The van der Waals surface area contributed by atoms with E-state index in [4.69, 9.17) is 23.2 Å². The molecule has 0 bridgehead atoms. The zero-order valence-electron chi connectivity index (χ0n) is 20.0. The molecule has 3 nitrogen and oxygen atoms in total. The van der Waals surface area contributed by atoms with E-state index in [-0.39, 0.29) is 35.6 Å². The highest BCUT2D eigenvalue weighted by molar-refractivity contribution is 6.30. The van der Waals surface area contributed by atoms with Crippen molar-refractivity contribution in [1.29, 1.82) is 0 Å². The fourth-order valence-electron chi connectivity index (χ4n) is 5.53. The Labute approximate surface area is 213 Å². The zero-order valence-corrected chi connectivity index (χ0v) is 21.5. The Morgan fingerprint density at radius 3 is 2.44 bits per heavy atom. The van der Waals surface area contributed by atoms with Crippen LogP contribution >= 0.6 is 23.2 Å². The second-order valence-electron chi connectivity index (χ2n) is 10.1. The van der Waals surface area contributed by atoms with Crippen molar-refractivity contribution < 1.29 is 9.59 Å². The minimum atomic E-state index is -0.603. The van der Waals surface area contributed by atoms with Gasteiger partial charge in [0.15, 0.2) is 0 Å². The fourth-order valence-corrected chi connectivity index (χ4v) is 5.86. The lowest BCUT2D eigenvalue weighted by atomic mass is 9.67. The Bertz CT molecular complexity index is 1060. The van der Waals surface area contributed by atoms with E-state index in [9.17, 15) is 9.59 Å². The predicted octanol–water partition coefficient (Wildman–Crippen LogP) is 7.78. The van der Waals surface area contributed by atoms with Crippen LogP contribution in [-0.4, -0.2) is 22.6 Å². The number of benzene rings is 2. The van der Waals surface area contributed by atoms with Gasteiger partial charge < -0.3 is 4.90 Å². The molecular weight excluding hydrogens is 465 g/mol. The maximum Gasteiger partial charge on any atom is 0.229 e. The number of carbonyl (C=O) groups excluding carboxylic acids is 2. The Kier molecular flexibility index (Phi) is 7.54. The number of piperidine rings is 1. The molecule has 1 aliphatic carbocycles. The van der Waals surface area contributed by atoms with Crippen LogP contribution in [0.15, 0.2) is 61.2 Å². The molecule has 2 aromatic carbocycles. The van der Waals surface area contributed by atoms with Gasteiger partial charge in [-0.05, 0) is 67.5 Å². The largest absolute Gasteiger partial charge is 0.331 e. The van der Waals surface area contributed by atoms with E-state index in [0.717, 1.165) is 30.4 Å². The Balaban J connectivity index is 1.85. The van der Waals surface area contributed by atoms with Gasteiger partial charge in [0.1, 0.15) is 5.78 Å². The van der Waals surface area contributed by atoms with Crippen molar-refractivity contribution in [2.24, 2.45) is 11.3 Å². The minimum Gasteiger partial charge on any atom is -0.331 e. The molecule has 1 heterocycles. The normalized spacial score (nSPS) is 25.8. The fraction of sp³-hybridized carbons (Fsp3) is 0.448. The molecule has 2 aromatic rings. The third kappa shape index (κ3) is 5.11. The molecule has 4 rings (SSSR count). The van der Waals surface area contributed by atoms with E-state index < -0.39 is 5.41 Å². The molecule has 180 valence electrons. The maximum absolute atomic E-state index is 14.2.